The van der Waals surface area contributed by atoms with E-state index in [-0.39, 0.29) is 32.1 Å². The van der Waals surface area contributed by atoms with Crippen LogP contribution in [0.15, 0.2) is 79.1 Å². The van der Waals surface area contributed by atoms with E-state index < -0.39 is 17.9 Å². The van der Waals surface area contributed by atoms with Gasteiger partial charge in [0.1, 0.15) is 12.4 Å². The van der Waals surface area contributed by atoms with Crippen molar-refractivity contribution in [3.63, 3.8) is 0 Å². The van der Waals surface area contributed by atoms with Crippen LogP contribution in [0.4, 0.5) is 0 Å². The number of ether oxygens (including phenoxy) is 2. The van der Waals surface area contributed by atoms with Gasteiger partial charge in [-0.25, -0.2) is 19.3 Å². The first-order valence-corrected chi connectivity index (χ1v) is 15.5. The summed E-state index contributed by atoms with van der Waals surface area (Å²) in [6.45, 7) is 3.90. The number of carbonyl (C=O) groups excluding carboxylic acids is 3. The Kier molecular flexibility index (Phi) is 9.41. The SMILES string of the molecule is COc1ccc2cc1OCCn1nc(-c3ccccc3)nc1[C@@H](C)NC(=O)CN(C(=O)c1cnn(-c3ccccn3)c1C)CCNC2=O. The molecule has 5 aromatic rings. The molecule has 0 radical (unpaired) electrons. The van der Waals surface area contributed by atoms with Crippen molar-refractivity contribution in [2.24, 2.45) is 0 Å². The molecule has 246 valence electrons. The lowest BCUT2D eigenvalue weighted by Crippen LogP contribution is -2.45. The summed E-state index contributed by atoms with van der Waals surface area (Å²) in [5, 5.41) is 14.9. The Balaban J connectivity index is 1.32. The number of rotatable bonds is 4. The largest absolute Gasteiger partial charge is 0.493 e. The summed E-state index contributed by atoms with van der Waals surface area (Å²) < 4.78 is 14.8. The van der Waals surface area contributed by atoms with Crippen LogP contribution in [0.5, 0.6) is 11.5 Å². The predicted octanol–water partition coefficient (Wildman–Crippen LogP) is 2.98. The average molecular weight is 650 g/mol. The first-order chi connectivity index (χ1) is 23.3. The van der Waals surface area contributed by atoms with Crippen molar-refractivity contribution < 1.29 is 23.9 Å². The number of hydrogen-bond donors (Lipinski definition) is 2. The van der Waals surface area contributed by atoms with Gasteiger partial charge in [0.25, 0.3) is 11.8 Å². The molecule has 14 nitrogen and oxygen atoms in total. The molecular weight excluding hydrogens is 614 g/mol. The van der Waals surface area contributed by atoms with Crippen molar-refractivity contribution in [3.05, 3.63) is 102 Å². The van der Waals surface area contributed by atoms with E-state index in [0.29, 0.717) is 52.3 Å². The van der Waals surface area contributed by atoms with Crippen LogP contribution in [-0.4, -0.2) is 85.5 Å². The summed E-state index contributed by atoms with van der Waals surface area (Å²) in [7, 11) is 1.52. The Morgan fingerprint density at radius 1 is 1.02 bits per heavy atom. The molecule has 3 amide bonds. The normalized spacial score (nSPS) is 15.8. The zero-order valence-electron chi connectivity index (χ0n) is 26.8. The van der Waals surface area contributed by atoms with Gasteiger partial charge < -0.3 is 25.0 Å². The van der Waals surface area contributed by atoms with Gasteiger partial charge in [-0.1, -0.05) is 36.4 Å². The molecule has 3 aromatic heterocycles. The van der Waals surface area contributed by atoms with Crippen LogP contribution in [-0.2, 0) is 11.3 Å². The summed E-state index contributed by atoms with van der Waals surface area (Å²) in [6, 6.07) is 19.3. The van der Waals surface area contributed by atoms with Gasteiger partial charge in [0, 0.05) is 30.4 Å². The van der Waals surface area contributed by atoms with E-state index in [0.717, 1.165) is 5.56 Å². The third-order valence-electron chi connectivity index (χ3n) is 7.88. The van der Waals surface area contributed by atoms with Gasteiger partial charge >= 0.3 is 0 Å². The fraction of sp³-hybridized carbons (Fsp3) is 0.265. The lowest BCUT2D eigenvalue weighted by atomic mass is 10.2. The number of pyridine rings is 1. The summed E-state index contributed by atoms with van der Waals surface area (Å²) in [6.07, 6.45) is 3.10. The van der Waals surface area contributed by atoms with Gasteiger partial charge in [0.2, 0.25) is 5.91 Å². The second-order valence-electron chi connectivity index (χ2n) is 11.1. The highest BCUT2D eigenvalue weighted by atomic mass is 16.5. The van der Waals surface area contributed by atoms with Crippen LogP contribution in [0.1, 0.15) is 45.2 Å². The van der Waals surface area contributed by atoms with Gasteiger partial charge in [-0.3, -0.25) is 14.4 Å². The molecule has 0 fully saturated rings. The Morgan fingerprint density at radius 3 is 2.60 bits per heavy atom. The maximum absolute atomic E-state index is 13.9. The molecule has 2 N–H and O–H groups in total. The number of aromatic nitrogens is 6. The number of fused-ring (bicyclic) bond motifs is 3. The van der Waals surface area contributed by atoms with Crippen molar-refractivity contribution in [2.75, 3.05) is 33.4 Å². The fourth-order valence-electron chi connectivity index (χ4n) is 5.41. The Morgan fingerprint density at radius 2 is 1.83 bits per heavy atom. The van der Waals surface area contributed by atoms with Crippen LogP contribution in [0, 0.1) is 6.92 Å². The highest BCUT2D eigenvalue weighted by Gasteiger charge is 2.26. The lowest BCUT2D eigenvalue weighted by Gasteiger charge is -2.23. The van der Waals surface area contributed by atoms with Crippen LogP contribution >= 0.6 is 0 Å². The molecule has 1 atom stereocenters. The van der Waals surface area contributed by atoms with Crippen molar-refractivity contribution >= 4 is 17.7 Å². The predicted molar refractivity (Wildman–Crippen MR) is 175 cm³/mol. The molecular formula is C34H35N9O5. The van der Waals surface area contributed by atoms with E-state index in [1.165, 1.54) is 18.2 Å². The Bertz CT molecular complexity index is 1920. The lowest BCUT2D eigenvalue weighted by molar-refractivity contribution is -0.122. The Hall–Kier alpha value is -6.05. The van der Waals surface area contributed by atoms with E-state index in [1.807, 2.05) is 43.3 Å². The standard InChI is InChI=1S/C34H35N9O5/c1-22-32-39-31(24-9-5-4-6-10-24)40-42(32)17-18-48-28-19-25(12-13-27(28)47-3)33(45)36-15-16-41(21-30(44)38-22)34(46)26-20-37-43(23(26)2)29-11-7-8-14-35-29/h4-14,19-20,22H,15-18,21H2,1-3H3,(H,36,45)(H,38,44)/t22-/m1/s1. The maximum atomic E-state index is 13.9. The molecule has 0 saturated carbocycles. The van der Waals surface area contributed by atoms with Gasteiger partial charge in [0.05, 0.1) is 43.7 Å². The number of amides is 3. The van der Waals surface area contributed by atoms with E-state index >= 15 is 0 Å². The van der Waals surface area contributed by atoms with Crippen LogP contribution < -0.4 is 20.1 Å². The van der Waals surface area contributed by atoms with E-state index in [1.54, 1.807) is 52.8 Å². The van der Waals surface area contributed by atoms with Gasteiger partial charge in [-0.05, 0) is 44.2 Å². The van der Waals surface area contributed by atoms with Crippen LogP contribution in [0.2, 0.25) is 0 Å². The quantitative estimate of drug-likeness (QED) is 0.299. The molecule has 1 aliphatic heterocycles. The molecule has 0 unspecified atom stereocenters. The van der Waals surface area contributed by atoms with Gasteiger partial charge in [0.15, 0.2) is 23.1 Å². The molecule has 4 heterocycles. The highest BCUT2D eigenvalue weighted by Crippen LogP contribution is 2.28. The average Bonchev–Trinajstić information content (AvgIpc) is 3.71. The summed E-state index contributed by atoms with van der Waals surface area (Å²) >= 11 is 0. The van der Waals surface area contributed by atoms with Crippen molar-refractivity contribution in [3.8, 4) is 28.7 Å². The molecule has 2 bridgehead atoms. The first kappa shape index (κ1) is 31.9. The third-order valence-corrected chi connectivity index (χ3v) is 7.88. The van der Waals surface area contributed by atoms with E-state index in [9.17, 15) is 14.4 Å². The zero-order chi connectivity index (χ0) is 33.6. The van der Waals surface area contributed by atoms with Gasteiger partial charge in [-0.15, -0.1) is 0 Å². The maximum Gasteiger partial charge on any atom is 0.257 e. The number of hydrogen-bond acceptors (Lipinski definition) is 9. The second-order valence-corrected chi connectivity index (χ2v) is 11.1. The fourth-order valence-corrected chi connectivity index (χ4v) is 5.41. The Labute approximate surface area is 276 Å². The molecule has 0 saturated heterocycles. The molecule has 2 aromatic carbocycles. The zero-order valence-corrected chi connectivity index (χ0v) is 26.8. The van der Waals surface area contributed by atoms with Crippen LogP contribution in [0.25, 0.3) is 17.2 Å². The summed E-state index contributed by atoms with van der Waals surface area (Å²) in [5.74, 6) is 1.21. The highest BCUT2D eigenvalue weighted by molar-refractivity contribution is 5.98. The molecule has 0 spiro atoms. The smallest absolute Gasteiger partial charge is 0.257 e. The molecule has 6 rings (SSSR count). The summed E-state index contributed by atoms with van der Waals surface area (Å²) in [5.41, 5.74) is 2.03. The number of methoxy groups -OCH3 is 1. The van der Waals surface area contributed by atoms with Crippen molar-refractivity contribution in [2.45, 2.75) is 26.4 Å². The topological polar surface area (TPSA) is 158 Å². The minimum Gasteiger partial charge on any atom is -0.493 e. The number of benzene rings is 2. The van der Waals surface area contributed by atoms with Crippen molar-refractivity contribution in [1.82, 2.24) is 45.1 Å². The minimum atomic E-state index is -0.568. The van der Waals surface area contributed by atoms with E-state index in [2.05, 4.69) is 20.7 Å². The molecule has 1 aliphatic rings. The van der Waals surface area contributed by atoms with Crippen LogP contribution in [0.3, 0.4) is 0 Å². The van der Waals surface area contributed by atoms with E-state index in [4.69, 9.17) is 19.6 Å². The summed E-state index contributed by atoms with van der Waals surface area (Å²) in [4.78, 5) is 51.1. The number of nitrogens with one attached hydrogen (secondary N) is 2. The number of carbonyl (C=O) groups is 3. The second kappa shape index (κ2) is 14.2. The van der Waals surface area contributed by atoms with Crippen molar-refractivity contribution in [1.29, 1.82) is 0 Å². The minimum absolute atomic E-state index is 0.0500. The molecule has 14 heteroatoms. The molecule has 48 heavy (non-hydrogen) atoms. The number of nitrogens with zero attached hydrogens (tertiary/aromatic N) is 7. The first-order valence-electron chi connectivity index (χ1n) is 15.5. The third kappa shape index (κ3) is 6.87. The monoisotopic (exact) mass is 649 g/mol. The van der Waals surface area contributed by atoms with Gasteiger partial charge in [-0.2, -0.15) is 10.2 Å². The molecule has 0 aliphatic carbocycles.